The number of carboxylic acids is 1. The molecule has 1 aliphatic rings. The van der Waals surface area contributed by atoms with Gasteiger partial charge in [-0.15, -0.1) is 0 Å². The highest BCUT2D eigenvalue weighted by Gasteiger charge is 2.46. The summed E-state index contributed by atoms with van der Waals surface area (Å²) in [6, 6.07) is -0.967. The zero-order chi connectivity index (χ0) is 10.9. The lowest BCUT2D eigenvalue weighted by Gasteiger charge is -2.38. The van der Waals surface area contributed by atoms with Gasteiger partial charge in [0.1, 0.15) is 12.2 Å². The van der Waals surface area contributed by atoms with E-state index in [0.717, 1.165) is 0 Å². The fraction of sp³-hybridized carbons (Fsp3) is 0.857. The molecule has 0 bridgehead atoms. The number of aliphatic hydroxyl groups excluding tert-OH is 2. The van der Waals surface area contributed by atoms with Crippen molar-refractivity contribution in [3.8, 4) is 0 Å². The van der Waals surface area contributed by atoms with Crippen molar-refractivity contribution in [2.45, 2.75) is 30.6 Å². The summed E-state index contributed by atoms with van der Waals surface area (Å²) in [5, 5.41) is 27.3. The highest BCUT2D eigenvalue weighted by atomic mass is 16.7. The van der Waals surface area contributed by atoms with Crippen LogP contribution in [0, 0.1) is 0 Å². The van der Waals surface area contributed by atoms with Crippen molar-refractivity contribution >= 4 is 5.97 Å². The highest BCUT2D eigenvalue weighted by molar-refractivity contribution is 5.73. The maximum absolute atomic E-state index is 10.6. The van der Waals surface area contributed by atoms with Crippen molar-refractivity contribution in [2.24, 2.45) is 5.73 Å². The molecule has 1 fully saturated rings. The highest BCUT2D eigenvalue weighted by Crippen LogP contribution is 2.20. The third-order valence-electron chi connectivity index (χ3n) is 2.13. The number of methoxy groups -OCH3 is 1. The molecule has 7 nitrogen and oxygen atoms in total. The zero-order valence-corrected chi connectivity index (χ0v) is 7.53. The predicted molar refractivity (Wildman–Crippen MR) is 43.3 cm³/mol. The summed E-state index contributed by atoms with van der Waals surface area (Å²) in [7, 11) is 1.27. The average molecular weight is 207 g/mol. The lowest BCUT2D eigenvalue weighted by atomic mass is 9.97. The summed E-state index contributed by atoms with van der Waals surface area (Å²) in [4.78, 5) is 10.6. The molecule has 1 saturated heterocycles. The van der Waals surface area contributed by atoms with Gasteiger partial charge in [0.05, 0.1) is 6.04 Å². The number of nitrogens with two attached hydrogens (primary N) is 1. The molecule has 82 valence electrons. The van der Waals surface area contributed by atoms with E-state index in [-0.39, 0.29) is 0 Å². The summed E-state index contributed by atoms with van der Waals surface area (Å²) in [5.41, 5.74) is 5.43. The van der Waals surface area contributed by atoms with Gasteiger partial charge in [0.25, 0.3) is 0 Å². The van der Waals surface area contributed by atoms with E-state index in [9.17, 15) is 15.0 Å². The molecule has 0 unspecified atom stereocenters. The molecule has 1 heterocycles. The Balaban J connectivity index is 2.78. The molecule has 14 heavy (non-hydrogen) atoms. The Hall–Kier alpha value is -0.730. The number of rotatable bonds is 2. The van der Waals surface area contributed by atoms with Gasteiger partial charge >= 0.3 is 5.97 Å². The summed E-state index contributed by atoms with van der Waals surface area (Å²) in [6.07, 6.45) is -5.48. The minimum atomic E-state index is -1.55. The number of aliphatic hydroxyl groups is 2. The first-order valence-electron chi connectivity index (χ1n) is 4.01. The number of carbonyl (C=O) groups is 1. The molecular formula is C7H13NO6. The maximum atomic E-state index is 10.6. The summed E-state index contributed by atoms with van der Waals surface area (Å²) < 4.78 is 9.56. The summed E-state index contributed by atoms with van der Waals surface area (Å²) in [6.45, 7) is 0. The first kappa shape index (κ1) is 11.3. The van der Waals surface area contributed by atoms with Gasteiger partial charge in [-0.25, -0.2) is 4.79 Å². The van der Waals surface area contributed by atoms with E-state index in [2.05, 4.69) is 0 Å². The monoisotopic (exact) mass is 207 g/mol. The molecule has 0 amide bonds. The van der Waals surface area contributed by atoms with Crippen LogP contribution in [0.15, 0.2) is 0 Å². The van der Waals surface area contributed by atoms with E-state index in [1.807, 2.05) is 0 Å². The molecule has 0 radical (unpaired) electrons. The van der Waals surface area contributed by atoms with Crippen LogP contribution < -0.4 is 5.73 Å². The van der Waals surface area contributed by atoms with Crippen molar-refractivity contribution in [1.29, 1.82) is 0 Å². The van der Waals surface area contributed by atoms with E-state index in [0.29, 0.717) is 0 Å². The number of hydrogen-bond donors (Lipinski definition) is 4. The van der Waals surface area contributed by atoms with Crippen molar-refractivity contribution in [3.63, 3.8) is 0 Å². The molecular weight excluding hydrogens is 194 g/mol. The number of ether oxygens (including phenoxy) is 2. The number of aliphatic carboxylic acids is 1. The Kier molecular flexibility index (Phi) is 3.40. The molecule has 1 aliphatic heterocycles. The standard InChI is InChI=1S/C7H13NO6/c1-13-7-2(8)3(9)4(10)5(14-7)6(11)12/h2-5,7,9-10H,8H2,1H3,(H,11,12)/t2-,3-,4+,5+,7+/m1/s1. The summed E-state index contributed by atoms with van der Waals surface area (Å²) in [5.74, 6) is -1.37. The largest absolute Gasteiger partial charge is 0.479 e. The normalized spacial score (nSPS) is 43.6. The smallest absolute Gasteiger partial charge is 0.335 e. The fourth-order valence-corrected chi connectivity index (χ4v) is 1.30. The summed E-state index contributed by atoms with van der Waals surface area (Å²) >= 11 is 0. The Bertz CT molecular complexity index is 220. The topological polar surface area (TPSA) is 122 Å². The van der Waals surface area contributed by atoms with Crippen LogP contribution in [-0.2, 0) is 14.3 Å². The van der Waals surface area contributed by atoms with E-state index >= 15 is 0 Å². The predicted octanol–water partition coefficient (Wildman–Crippen LogP) is -2.51. The van der Waals surface area contributed by atoms with E-state index in [4.69, 9.17) is 20.3 Å². The molecule has 0 aromatic heterocycles. The Morgan fingerprint density at radius 3 is 2.43 bits per heavy atom. The Labute approximate surface area is 80.0 Å². The second-order valence-electron chi connectivity index (χ2n) is 3.06. The van der Waals surface area contributed by atoms with Crippen LogP contribution in [0.2, 0.25) is 0 Å². The molecule has 7 heteroatoms. The van der Waals surface area contributed by atoms with Gasteiger partial charge in [-0.3, -0.25) is 0 Å². The molecule has 0 aromatic rings. The second-order valence-corrected chi connectivity index (χ2v) is 3.06. The van der Waals surface area contributed by atoms with Crippen LogP contribution in [0.1, 0.15) is 0 Å². The molecule has 0 aliphatic carbocycles. The SMILES string of the molecule is CO[C@H]1O[C@H](C(=O)O)[C@@H](O)[C@H](O)[C@H]1N. The molecule has 0 spiro atoms. The number of hydrogen-bond acceptors (Lipinski definition) is 6. The van der Waals surface area contributed by atoms with Gasteiger partial charge in [-0.2, -0.15) is 0 Å². The van der Waals surface area contributed by atoms with E-state index < -0.39 is 36.6 Å². The lowest BCUT2D eigenvalue weighted by molar-refractivity contribution is -0.252. The van der Waals surface area contributed by atoms with E-state index in [1.54, 1.807) is 0 Å². The minimum Gasteiger partial charge on any atom is -0.479 e. The van der Waals surface area contributed by atoms with Crippen LogP contribution >= 0.6 is 0 Å². The third kappa shape index (κ3) is 1.86. The van der Waals surface area contributed by atoms with Gasteiger partial charge in [0, 0.05) is 7.11 Å². The third-order valence-corrected chi connectivity index (χ3v) is 2.13. The Morgan fingerprint density at radius 1 is 1.43 bits per heavy atom. The molecule has 0 aromatic carbocycles. The van der Waals surface area contributed by atoms with Crippen molar-refractivity contribution < 1.29 is 29.6 Å². The molecule has 1 rings (SSSR count). The van der Waals surface area contributed by atoms with Gasteiger partial charge in [-0.1, -0.05) is 0 Å². The zero-order valence-electron chi connectivity index (χ0n) is 7.53. The van der Waals surface area contributed by atoms with Crippen LogP contribution in [-0.4, -0.2) is 59.0 Å². The quantitative estimate of drug-likeness (QED) is 0.394. The van der Waals surface area contributed by atoms with Crippen LogP contribution in [0.3, 0.4) is 0 Å². The van der Waals surface area contributed by atoms with Gasteiger partial charge < -0.3 is 30.5 Å². The van der Waals surface area contributed by atoms with Crippen LogP contribution in [0.4, 0.5) is 0 Å². The lowest BCUT2D eigenvalue weighted by Crippen LogP contribution is -2.63. The average Bonchev–Trinajstić information content (AvgIpc) is 2.14. The van der Waals surface area contributed by atoms with Crippen molar-refractivity contribution in [2.75, 3.05) is 7.11 Å². The van der Waals surface area contributed by atoms with E-state index in [1.165, 1.54) is 7.11 Å². The Morgan fingerprint density at radius 2 is 2.00 bits per heavy atom. The van der Waals surface area contributed by atoms with Gasteiger partial charge in [0.2, 0.25) is 0 Å². The van der Waals surface area contributed by atoms with Gasteiger partial charge in [0.15, 0.2) is 12.4 Å². The molecule has 5 N–H and O–H groups in total. The number of carboxylic acid groups (broad SMARTS) is 1. The maximum Gasteiger partial charge on any atom is 0.335 e. The minimum absolute atomic E-state index is 0.967. The fourth-order valence-electron chi connectivity index (χ4n) is 1.30. The first-order valence-corrected chi connectivity index (χ1v) is 4.01. The van der Waals surface area contributed by atoms with Crippen molar-refractivity contribution in [3.05, 3.63) is 0 Å². The first-order chi connectivity index (χ1) is 6.49. The van der Waals surface area contributed by atoms with Crippen LogP contribution in [0.5, 0.6) is 0 Å². The van der Waals surface area contributed by atoms with Crippen LogP contribution in [0.25, 0.3) is 0 Å². The van der Waals surface area contributed by atoms with Gasteiger partial charge in [-0.05, 0) is 0 Å². The molecule has 5 atom stereocenters. The second kappa shape index (κ2) is 4.20. The molecule has 0 saturated carbocycles. The van der Waals surface area contributed by atoms with Crippen molar-refractivity contribution in [1.82, 2.24) is 0 Å².